The summed E-state index contributed by atoms with van der Waals surface area (Å²) in [7, 11) is 0. The van der Waals surface area contributed by atoms with Crippen LogP contribution in [0.15, 0.2) is 24.3 Å². The number of carbonyl (C=O) groups is 1. The molecule has 0 bridgehead atoms. The standard InChI is InChI=1S/C15H17N5O/c1-4-19(13-7-5-6-11(2)8-13)15(21)10-20-12(3)14(9-16)17-18-20/h5-8H,4,10H2,1-3H3. The summed E-state index contributed by atoms with van der Waals surface area (Å²) in [4.78, 5) is 14.2. The van der Waals surface area contributed by atoms with E-state index in [2.05, 4.69) is 10.3 Å². The maximum absolute atomic E-state index is 12.5. The molecule has 1 heterocycles. The normalized spacial score (nSPS) is 10.2. The van der Waals surface area contributed by atoms with Crippen molar-refractivity contribution < 1.29 is 4.79 Å². The lowest BCUT2D eigenvalue weighted by atomic mass is 10.2. The molecule has 0 unspecified atom stereocenters. The average molecular weight is 283 g/mol. The van der Waals surface area contributed by atoms with Crippen LogP contribution in [0.5, 0.6) is 0 Å². The molecule has 0 radical (unpaired) electrons. The largest absolute Gasteiger partial charge is 0.311 e. The number of hydrogen-bond acceptors (Lipinski definition) is 4. The summed E-state index contributed by atoms with van der Waals surface area (Å²) in [5.74, 6) is -0.0828. The second-order valence-electron chi connectivity index (χ2n) is 4.77. The number of aryl methyl sites for hydroxylation is 1. The number of rotatable bonds is 4. The van der Waals surface area contributed by atoms with Crippen LogP contribution < -0.4 is 4.90 Å². The molecule has 21 heavy (non-hydrogen) atoms. The number of amides is 1. The lowest BCUT2D eigenvalue weighted by Crippen LogP contribution is -2.34. The van der Waals surface area contributed by atoms with Crippen molar-refractivity contribution in [3.05, 3.63) is 41.2 Å². The summed E-state index contributed by atoms with van der Waals surface area (Å²) in [5, 5.41) is 16.5. The molecule has 1 aromatic heterocycles. The van der Waals surface area contributed by atoms with Crippen molar-refractivity contribution in [3.8, 4) is 6.07 Å². The molecule has 0 aliphatic carbocycles. The lowest BCUT2D eigenvalue weighted by molar-refractivity contribution is -0.119. The average Bonchev–Trinajstić information content (AvgIpc) is 2.80. The number of nitriles is 1. The molecule has 0 N–H and O–H groups in total. The van der Waals surface area contributed by atoms with Gasteiger partial charge in [-0.1, -0.05) is 17.3 Å². The van der Waals surface area contributed by atoms with Crippen LogP contribution in [0.1, 0.15) is 23.9 Å². The fourth-order valence-electron chi connectivity index (χ4n) is 2.13. The van der Waals surface area contributed by atoms with Gasteiger partial charge >= 0.3 is 0 Å². The molecular formula is C15H17N5O. The number of anilines is 1. The van der Waals surface area contributed by atoms with Gasteiger partial charge in [0.2, 0.25) is 5.91 Å². The predicted octanol–water partition coefficient (Wildman–Crippen LogP) is 1.82. The third-order valence-corrected chi connectivity index (χ3v) is 3.30. The Hall–Kier alpha value is -2.68. The second-order valence-corrected chi connectivity index (χ2v) is 4.77. The maximum atomic E-state index is 12.5. The van der Waals surface area contributed by atoms with Crippen LogP contribution in [-0.4, -0.2) is 27.4 Å². The zero-order valence-electron chi connectivity index (χ0n) is 12.4. The van der Waals surface area contributed by atoms with Crippen molar-refractivity contribution in [2.45, 2.75) is 27.3 Å². The fraction of sp³-hybridized carbons (Fsp3) is 0.333. The predicted molar refractivity (Wildman–Crippen MR) is 78.7 cm³/mol. The van der Waals surface area contributed by atoms with E-state index in [0.717, 1.165) is 11.3 Å². The Morgan fingerprint density at radius 2 is 2.19 bits per heavy atom. The van der Waals surface area contributed by atoms with E-state index in [1.807, 2.05) is 44.2 Å². The molecule has 0 spiro atoms. The number of likely N-dealkylation sites (N-methyl/N-ethyl adjacent to an activating group) is 1. The summed E-state index contributed by atoms with van der Waals surface area (Å²) < 4.78 is 1.46. The van der Waals surface area contributed by atoms with E-state index >= 15 is 0 Å². The van der Waals surface area contributed by atoms with Gasteiger partial charge in [-0.15, -0.1) is 5.10 Å². The number of aromatic nitrogens is 3. The Balaban J connectivity index is 2.21. The Labute approximate surface area is 123 Å². The molecule has 108 valence electrons. The summed E-state index contributed by atoms with van der Waals surface area (Å²) in [5.41, 5.74) is 2.82. The highest BCUT2D eigenvalue weighted by molar-refractivity contribution is 5.93. The van der Waals surface area contributed by atoms with Crippen LogP contribution in [0.3, 0.4) is 0 Å². The van der Waals surface area contributed by atoms with E-state index in [0.29, 0.717) is 12.2 Å². The van der Waals surface area contributed by atoms with Crippen LogP contribution in [0, 0.1) is 25.2 Å². The summed E-state index contributed by atoms with van der Waals surface area (Å²) in [6, 6.07) is 9.74. The molecule has 6 nitrogen and oxygen atoms in total. The van der Waals surface area contributed by atoms with E-state index in [-0.39, 0.29) is 18.1 Å². The first-order chi connectivity index (χ1) is 10.1. The van der Waals surface area contributed by atoms with Gasteiger partial charge in [0.1, 0.15) is 12.6 Å². The van der Waals surface area contributed by atoms with Crippen molar-refractivity contribution in [2.75, 3.05) is 11.4 Å². The van der Waals surface area contributed by atoms with Gasteiger partial charge in [-0.2, -0.15) is 5.26 Å². The van der Waals surface area contributed by atoms with Gasteiger partial charge in [0, 0.05) is 12.2 Å². The molecule has 1 amide bonds. The fourth-order valence-corrected chi connectivity index (χ4v) is 2.13. The highest BCUT2D eigenvalue weighted by Crippen LogP contribution is 2.16. The first kappa shape index (κ1) is 14.7. The van der Waals surface area contributed by atoms with Crippen LogP contribution in [0.25, 0.3) is 0 Å². The molecule has 0 aliphatic rings. The summed E-state index contributed by atoms with van der Waals surface area (Å²) >= 11 is 0. The number of hydrogen-bond donors (Lipinski definition) is 0. The zero-order valence-corrected chi connectivity index (χ0v) is 12.4. The molecule has 0 fully saturated rings. The molecule has 2 rings (SSSR count). The molecule has 1 aromatic carbocycles. The third-order valence-electron chi connectivity index (χ3n) is 3.30. The van der Waals surface area contributed by atoms with Crippen LogP contribution in [0.2, 0.25) is 0 Å². The van der Waals surface area contributed by atoms with Gasteiger partial charge < -0.3 is 4.90 Å². The molecular weight excluding hydrogens is 266 g/mol. The lowest BCUT2D eigenvalue weighted by Gasteiger charge is -2.21. The molecule has 0 saturated heterocycles. The van der Waals surface area contributed by atoms with Gasteiger partial charge in [0.25, 0.3) is 0 Å². The van der Waals surface area contributed by atoms with Crippen molar-refractivity contribution >= 4 is 11.6 Å². The van der Waals surface area contributed by atoms with Gasteiger partial charge in [-0.3, -0.25) is 4.79 Å². The topological polar surface area (TPSA) is 74.8 Å². The van der Waals surface area contributed by atoms with Gasteiger partial charge in [0.15, 0.2) is 5.69 Å². The van der Waals surface area contributed by atoms with E-state index in [9.17, 15) is 4.79 Å². The summed E-state index contributed by atoms with van der Waals surface area (Å²) in [6.45, 7) is 6.29. The van der Waals surface area contributed by atoms with E-state index in [1.54, 1.807) is 11.8 Å². The van der Waals surface area contributed by atoms with E-state index in [4.69, 9.17) is 5.26 Å². The van der Waals surface area contributed by atoms with Crippen molar-refractivity contribution in [1.29, 1.82) is 5.26 Å². The number of nitrogens with zero attached hydrogens (tertiary/aromatic N) is 5. The maximum Gasteiger partial charge on any atom is 0.248 e. The molecule has 6 heteroatoms. The Kier molecular flexibility index (Phi) is 4.33. The highest BCUT2D eigenvalue weighted by atomic mass is 16.2. The van der Waals surface area contributed by atoms with Crippen LogP contribution in [0.4, 0.5) is 5.69 Å². The number of benzene rings is 1. The Bertz CT molecular complexity index is 698. The molecule has 0 atom stereocenters. The monoisotopic (exact) mass is 283 g/mol. The second kappa shape index (κ2) is 6.18. The van der Waals surface area contributed by atoms with Crippen molar-refractivity contribution in [1.82, 2.24) is 15.0 Å². The van der Waals surface area contributed by atoms with Crippen molar-refractivity contribution in [3.63, 3.8) is 0 Å². The Morgan fingerprint density at radius 3 is 2.76 bits per heavy atom. The van der Waals surface area contributed by atoms with Gasteiger partial charge in [-0.25, -0.2) is 4.68 Å². The SMILES string of the molecule is CCN(C(=O)Cn1nnc(C#N)c1C)c1cccc(C)c1. The number of carbonyl (C=O) groups excluding carboxylic acids is 1. The Morgan fingerprint density at radius 1 is 1.43 bits per heavy atom. The van der Waals surface area contributed by atoms with Crippen LogP contribution in [-0.2, 0) is 11.3 Å². The minimum absolute atomic E-state index is 0.0717. The first-order valence-corrected chi connectivity index (χ1v) is 6.74. The summed E-state index contributed by atoms with van der Waals surface area (Å²) in [6.07, 6.45) is 0. The van der Waals surface area contributed by atoms with Gasteiger partial charge in [0.05, 0.1) is 5.69 Å². The first-order valence-electron chi connectivity index (χ1n) is 6.74. The van der Waals surface area contributed by atoms with E-state index < -0.39 is 0 Å². The minimum atomic E-state index is -0.0828. The smallest absolute Gasteiger partial charge is 0.248 e. The molecule has 0 saturated carbocycles. The molecule has 2 aromatic rings. The zero-order chi connectivity index (χ0) is 15.4. The minimum Gasteiger partial charge on any atom is -0.311 e. The van der Waals surface area contributed by atoms with Gasteiger partial charge in [-0.05, 0) is 38.5 Å². The quantitative estimate of drug-likeness (QED) is 0.857. The van der Waals surface area contributed by atoms with E-state index in [1.165, 1.54) is 4.68 Å². The third kappa shape index (κ3) is 3.08. The molecule has 0 aliphatic heterocycles. The van der Waals surface area contributed by atoms with Crippen LogP contribution >= 0.6 is 0 Å². The highest BCUT2D eigenvalue weighted by Gasteiger charge is 2.17. The van der Waals surface area contributed by atoms with Crippen molar-refractivity contribution in [2.24, 2.45) is 0 Å².